The minimum atomic E-state index is -0.0573. The van der Waals surface area contributed by atoms with Crippen LogP contribution in [0.2, 0.25) is 0 Å². The van der Waals surface area contributed by atoms with Crippen LogP contribution in [0, 0.1) is 11.8 Å². The molecule has 3 heterocycles. The SMILES string of the molecule is CN(C)C(=O)NC[C@@H]1OC[C@H]2CCN(Cc3ccoc3)C[C@H]21. The summed E-state index contributed by atoms with van der Waals surface area (Å²) in [5.74, 6) is 1.13. The third-order valence-corrected chi connectivity index (χ3v) is 4.74. The molecule has 2 aliphatic heterocycles. The number of piperidine rings is 1. The second kappa shape index (κ2) is 6.71. The van der Waals surface area contributed by atoms with Gasteiger partial charge in [-0.15, -0.1) is 0 Å². The molecule has 2 aliphatic rings. The van der Waals surface area contributed by atoms with E-state index >= 15 is 0 Å². The predicted octanol–water partition coefficient (Wildman–Crippen LogP) is 1.39. The molecule has 6 heteroatoms. The second-order valence-electron chi connectivity index (χ2n) is 6.53. The molecule has 0 aliphatic carbocycles. The Morgan fingerprint density at radius 1 is 1.50 bits per heavy atom. The lowest BCUT2D eigenvalue weighted by atomic mass is 9.84. The average Bonchev–Trinajstić information content (AvgIpc) is 3.14. The fourth-order valence-electron chi connectivity index (χ4n) is 3.44. The van der Waals surface area contributed by atoms with Gasteiger partial charge in [-0.2, -0.15) is 0 Å². The number of carbonyl (C=O) groups excluding carboxylic acids is 1. The highest BCUT2D eigenvalue weighted by Gasteiger charge is 2.40. The maximum absolute atomic E-state index is 11.7. The zero-order valence-corrected chi connectivity index (χ0v) is 13.3. The molecule has 2 amide bonds. The van der Waals surface area contributed by atoms with Crippen LogP contribution in [0.1, 0.15) is 12.0 Å². The Balaban J connectivity index is 1.53. The molecule has 1 aromatic heterocycles. The summed E-state index contributed by atoms with van der Waals surface area (Å²) in [7, 11) is 3.50. The number of nitrogens with one attached hydrogen (secondary N) is 1. The quantitative estimate of drug-likeness (QED) is 0.913. The number of nitrogens with zero attached hydrogens (tertiary/aromatic N) is 2. The fraction of sp³-hybridized carbons (Fsp3) is 0.688. The summed E-state index contributed by atoms with van der Waals surface area (Å²) in [5.41, 5.74) is 1.22. The van der Waals surface area contributed by atoms with Gasteiger partial charge in [0.25, 0.3) is 0 Å². The number of ether oxygens (including phenoxy) is 1. The normalized spacial score (nSPS) is 28.4. The lowest BCUT2D eigenvalue weighted by Gasteiger charge is -2.35. The Bertz CT molecular complexity index is 489. The molecule has 3 rings (SSSR count). The highest BCUT2D eigenvalue weighted by Crippen LogP contribution is 2.34. The van der Waals surface area contributed by atoms with Crippen molar-refractivity contribution < 1.29 is 13.9 Å². The molecule has 2 saturated heterocycles. The first-order valence-corrected chi connectivity index (χ1v) is 7.93. The molecule has 122 valence electrons. The molecule has 1 aromatic rings. The van der Waals surface area contributed by atoms with Crippen LogP contribution in [0.4, 0.5) is 4.79 Å². The Morgan fingerprint density at radius 3 is 3.09 bits per heavy atom. The van der Waals surface area contributed by atoms with E-state index in [-0.39, 0.29) is 12.1 Å². The molecule has 2 fully saturated rings. The van der Waals surface area contributed by atoms with Gasteiger partial charge in [0.2, 0.25) is 0 Å². The second-order valence-corrected chi connectivity index (χ2v) is 6.53. The van der Waals surface area contributed by atoms with E-state index in [1.165, 1.54) is 12.0 Å². The molecule has 3 atom stereocenters. The van der Waals surface area contributed by atoms with Gasteiger partial charge in [-0.25, -0.2) is 4.79 Å². The maximum Gasteiger partial charge on any atom is 0.316 e. The summed E-state index contributed by atoms with van der Waals surface area (Å²) in [6.07, 6.45) is 4.83. The van der Waals surface area contributed by atoms with Crippen LogP contribution in [0.15, 0.2) is 23.0 Å². The Hall–Kier alpha value is -1.53. The number of amides is 2. The monoisotopic (exact) mass is 307 g/mol. The van der Waals surface area contributed by atoms with Crippen molar-refractivity contribution in [3.63, 3.8) is 0 Å². The molecule has 0 unspecified atom stereocenters. The molecule has 0 radical (unpaired) electrons. The zero-order chi connectivity index (χ0) is 15.5. The first-order valence-electron chi connectivity index (χ1n) is 7.93. The van der Waals surface area contributed by atoms with Gasteiger partial charge >= 0.3 is 6.03 Å². The molecule has 0 bridgehead atoms. The number of hydrogen-bond donors (Lipinski definition) is 1. The van der Waals surface area contributed by atoms with Crippen LogP contribution in [0.3, 0.4) is 0 Å². The number of urea groups is 1. The summed E-state index contributed by atoms with van der Waals surface area (Å²) in [6.45, 7) is 4.48. The number of carbonyl (C=O) groups is 1. The van der Waals surface area contributed by atoms with Gasteiger partial charge in [-0.1, -0.05) is 0 Å². The van der Waals surface area contributed by atoms with E-state index in [4.69, 9.17) is 9.15 Å². The van der Waals surface area contributed by atoms with E-state index in [0.717, 1.165) is 26.2 Å². The lowest BCUT2D eigenvalue weighted by Crippen LogP contribution is -2.46. The van der Waals surface area contributed by atoms with Crippen molar-refractivity contribution in [2.45, 2.75) is 19.1 Å². The molecular formula is C16H25N3O3. The zero-order valence-electron chi connectivity index (χ0n) is 13.3. The van der Waals surface area contributed by atoms with Gasteiger partial charge in [0.15, 0.2) is 0 Å². The van der Waals surface area contributed by atoms with Crippen molar-refractivity contribution in [2.24, 2.45) is 11.8 Å². The van der Waals surface area contributed by atoms with Crippen LogP contribution in [0.25, 0.3) is 0 Å². The van der Waals surface area contributed by atoms with Crippen LogP contribution in [0.5, 0.6) is 0 Å². The molecule has 1 N–H and O–H groups in total. The summed E-state index contributed by atoms with van der Waals surface area (Å²) in [6, 6.07) is 1.96. The smallest absolute Gasteiger partial charge is 0.316 e. The molecule has 0 aromatic carbocycles. The number of fused-ring (bicyclic) bond motifs is 1. The maximum atomic E-state index is 11.7. The van der Waals surface area contributed by atoms with Gasteiger partial charge in [0.05, 0.1) is 25.2 Å². The van der Waals surface area contributed by atoms with E-state index in [2.05, 4.69) is 10.2 Å². The molecule has 22 heavy (non-hydrogen) atoms. The van der Waals surface area contributed by atoms with E-state index in [1.807, 2.05) is 12.3 Å². The van der Waals surface area contributed by atoms with Crippen LogP contribution < -0.4 is 5.32 Å². The van der Waals surface area contributed by atoms with E-state index in [0.29, 0.717) is 18.4 Å². The summed E-state index contributed by atoms with van der Waals surface area (Å²) in [5, 5.41) is 2.95. The molecule has 6 nitrogen and oxygen atoms in total. The standard InChI is InChI=1S/C16H25N3O3/c1-18(2)16(20)17-7-15-14-9-19(5-3-13(14)11-22-15)8-12-4-6-21-10-12/h4,6,10,13-15H,3,5,7-9,11H2,1-2H3,(H,17,20)/t13-,14-,15+/m1/s1. The first kappa shape index (κ1) is 15.4. The highest BCUT2D eigenvalue weighted by atomic mass is 16.5. The molecule has 0 saturated carbocycles. The van der Waals surface area contributed by atoms with Crippen LogP contribution >= 0.6 is 0 Å². The van der Waals surface area contributed by atoms with Gasteiger partial charge in [0, 0.05) is 45.2 Å². The summed E-state index contributed by atoms with van der Waals surface area (Å²) in [4.78, 5) is 15.7. The van der Waals surface area contributed by atoms with E-state index < -0.39 is 0 Å². The minimum Gasteiger partial charge on any atom is -0.472 e. The fourth-order valence-corrected chi connectivity index (χ4v) is 3.44. The van der Waals surface area contributed by atoms with Gasteiger partial charge in [-0.05, 0) is 24.9 Å². The number of furan rings is 1. The third-order valence-electron chi connectivity index (χ3n) is 4.74. The van der Waals surface area contributed by atoms with E-state index in [1.54, 1.807) is 25.3 Å². The van der Waals surface area contributed by atoms with Crippen LogP contribution in [-0.4, -0.2) is 62.3 Å². The highest BCUT2D eigenvalue weighted by molar-refractivity contribution is 5.73. The summed E-state index contributed by atoms with van der Waals surface area (Å²) < 4.78 is 11.1. The lowest BCUT2D eigenvalue weighted by molar-refractivity contribution is 0.0743. The third kappa shape index (κ3) is 3.44. The Kier molecular flexibility index (Phi) is 4.69. The van der Waals surface area contributed by atoms with Crippen molar-refractivity contribution in [3.8, 4) is 0 Å². The van der Waals surface area contributed by atoms with Crippen molar-refractivity contribution in [1.82, 2.24) is 15.1 Å². The van der Waals surface area contributed by atoms with Crippen molar-refractivity contribution in [3.05, 3.63) is 24.2 Å². The Labute approximate surface area is 131 Å². The minimum absolute atomic E-state index is 0.0573. The predicted molar refractivity (Wildman–Crippen MR) is 82.4 cm³/mol. The van der Waals surface area contributed by atoms with E-state index in [9.17, 15) is 4.79 Å². The molecular weight excluding hydrogens is 282 g/mol. The van der Waals surface area contributed by atoms with Gasteiger partial charge in [0.1, 0.15) is 0 Å². The summed E-state index contributed by atoms with van der Waals surface area (Å²) >= 11 is 0. The molecule has 0 spiro atoms. The number of likely N-dealkylation sites (tertiary alicyclic amines) is 1. The number of hydrogen-bond acceptors (Lipinski definition) is 4. The first-order chi connectivity index (χ1) is 10.6. The average molecular weight is 307 g/mol. The van der Waals surface area contributed by atoms with Crippen LogP contribution in [-0.2, 0) is 11.3 Å². The largest absolute Gasteiger partial charge is 0.472 e. The van der Waals surface area contributed by atoms with Crippen molar-refractivity contribution in [1.29, 1.82) is 0 Å². The van der Waals surface area contributed by atoms with Gasteiger partial charge < -0.3 is 19.4 Å². The van der Waals surface area contributed by atoms with Crippen molar-refractivity contribution in [2.75, 3.05) is 40.3 Å². The Morgan fingerprint density at radius 2 is 2.36 bits per heavy atom. The number of rotatable bonds is 4. The van der Waals surface area contributed by atoms with Gasteiger partial charge in [-0.3, -0.25) is 4.90 Å². The topological polar surface area (TPSA) is 58.0 Å². The van der Waals surface area contributed by atoms with Crippen molar-refractivity contribution >= 4 is 6.03 Å².